The first-order valence-electron chi connectivity index (χ1n) is 7.68. The molecule has 1 aromatic heterocycles. The molecule has 0 atom stereocenters. The number of furan rings is 1. The van der Waals surface area contributed by atoms with Gasteiger partial charge in [-0.25, -0.2) is 0 Å². The van der Waals surface area contributed by atoms with Gasteiger partial charge >= 0.3 is 0 Å². The summed E-state index contributed by atoms with van der Waals surface area (Å²) in [4.78, 5) is 26.2. The van der Waals surface area contributed by atoms with E-state index in [4.69, 9.17) is 4.42 Å². The SMILES string of the molecule is CC(C)CNC(=O)CN(Cc1ccccc1)C(=O)c1ccoc1. The Kier molecular flexibility index (Phi) is 5.97. The molecule has 0 radical (unpaired) electrons. The zero-order valence-corrected chi connectivity index (χ0v) is 13.5. The van der Waals surface area contributed by atoms with Crippen LogP contribution in [0.25, 0.3) is 0 Å². The molecule has 5 heteroatoms. The molecule has 0 aliphatic heterocycles. The predicted octanol–water partition coefficient (Wildman–Crippen LogP) is 2.69. The van der Waals surface area contributed by atoms with E-state index in [1.54, 1.807) is 6.07 Å². The molecule has 0 saturated carbocycles. The molecule has 0 fully saturated rings. The lowest BCUT2D eigenvalue weighted by Crippen LogP contribution is -2.41. The van der Waals surface area contributed by atoms with E-state index < -0.39 is 0 Å². The van der Waals surface area contributed by atoms with Gasteiger partial charge in [-0.1, -0.05) is 44.2 Å². The molecule has 0 spiro atoms. The van der Waals surface area contributed by atoms with E-state index in [0.717, 1.165) is 5.56 Å². The summed E-state index contributed by atoms with van der Waals surface area (Å²) in [6.07, 6.45) is 2.85. The highest BCUT2D eigenvalue weighted by Crippen LogP contribution is 2.10. The van der Waals surface area contributed by atoms with Gasteiger partial charge in [0.15, 0.2) is 0 Å². The number of rotatable bonds is 7. The van der Waals surface area contributed by atoms with Crippen molar-refractivity contribution >= 4 is 11.8 Å². The third-order valence-electron chi connectivity index (χ3n) is 3.31. The Morgan fingerprint density at radius 3 is 2.52 bits per heavy atom. The fourth-order valence-corrected chi connectivity index (χ4v) is 2.12. The van der Waals surface area contributed by atoms with Crippen LogP contribution < -0.4 is 5.32 Å². The molecule has 2 rings (SSSR count). The number of carbonyl (C=O) groups excluding carboxylic acids is 2. The summed E-state index contributed by atoms with van der Waals surface area (Å²) < 4.78 is 4.97. The highest BCUT2D eigenvalue weighted by atomic mass is 16.3. The molecule has 23 heavy (non-hydrogen) atoms. The van der Waals surface area contributed by atoms with Crippen molar-refractivity contribution in [2.45, 2.75) is 20.4 Å². The molecule has 0 aliphatic rings. The summed E-state index contributed by atoms with van der Waals surface area (Å²) in [6, 6.07) is 11.2. The summed E-state index contributed by atoms with van der Waals surface area (Å²) in [7, 11) is 0. The van der Waals surface area contributed by atoms with Crippen LogP contribution in [0.4, 0.5) is 0 Å². The Labute approximate surface area is 136 Å². The summed E-state index contributed by atoms with van der Waals surface area (Å²) in [6.45, 7) is 5.04. The topological polar surface area (TPSA) is 62.6 Å². The molecule has 0 aliphatic carbocycles. The second-order valence-corrected chi connectivity index (χ2v) is 5.86. The van der Waals surface area contributed by atoms with Crippen molar-refractivity contribution in [1.82, 2.24) is 10.2 Å². The fourth-order valence-electron chi connectivity index (χ4n) is 2.12. The maximum absolute atomic E-state index is 12.6. The normalized spacial score (nSPS) is 10.6. The quantitative estimate of drug-likeness (QED) is 0.854. The Bertz CT molecular complexity index is 621. The van der Waals surface area contributed by atoms with Crippen molar-refractivity contribution in [1.29, 1.82) is 0 Å². The van der Waals surface area contributed by atoms with Crippen LogP contribution in [0.5, 0.6) is 0 Å². The van der Waals surface area contributed by atoms with Crippen molar-refractivity contribution in [3.63, 3.8) is 0 Å². The Balaban J connectivity index is 2.08. The largest absolute Gasteiger partial charge is 0.472 e. The number of nitrogens with zero attached hydrogens (tertiary/aromatic N) is 1. The maximum atomic E-state index is 12.6. The number of nitrogens with one attached hydrogen (secondary N) is 1. The minimum Gasteiger partial charge on any atom is -0.472 e. The molecule has 1 aromatic carbocycles. The van der Waals surface area contributed by atoms with Gasteiger partial charge < -0.3 is 14.6 Å². The smallest absolute Gasteiger partial charge is 0.257 e. The maximum Gasteiger partial charge on any atom is 0.257 e. The minimum absolute atomic E-state index is 0.0195. The summed E-state index contributed by atoms with van der Waals surface area (Å²) in [5.74, 6) is -0.0140. The van der Waals surface area contributed by atoms with Crippen molar-refractivity contribution in [3.8, 4) is 0 Å². The van der Waals surface area contributed by atoms with Crippen LogP contribution in [0.15, 0.2) is 53.3 Å². The highest BCUT2D eigenvalue weighted by molar-refractivity contribution is 5.96. The van der Waals surface area contributed by atoms with E-state index in [9.17, 15) is 9.59 Å². The number of amides is 2. The predicted molar refractivity (Wildman–Crippen MR) is 87.7 cm³/mol. The number of benzene rings is 1. The average molecular weight is 314 g/mol. The molecule has 5 nitrogen and oxygen atoms in total. The van der Waals surface area contributed by atoms with Gasteiger partial charge in [0.1, 0.15) is 12.8 Å². The van der Waals surface area contributed by atoms with Gasteiger partial charge in [-0.05, 0) is 17.5 Å². The van der Waals surface area contributed by atoms with E-state index in [1.165, 1.54) is 17.4 Å². The van der Waals surface area contributed by atoms with E-state index in [-0.39, 0.29) is 18.4 Å². The molecule has 122 valence electrons. The molecule has 2 aromatic rings. The van der Waals surface area contributed by atoms with Gasteiger partial charge in [0.05, 0.1) is 11.8 Å². The second-order valence-electron chi connectivity index (χ2n) is 5.86. The van der Waals surface area contributed by atoms with Crippen LogP contribution in [0.1, 0.15) is 29.8 Å². The van der Waals surface area contributed by atoms with Gasteiger partial charge in [-0.3, -0.25) is 9.59 Å². The first-order chi connectivity index (χ1) is 11.1. The third-order valence-corrected chi connectivity index (χ3v) is 3.31. The lowest BCUT2D eigenvalue weighted by atomic mass is 10.2. The first kappa shape index (κ1) is 16.8. The van der Waals surface area contributed by atoms with Crippen LogP contribution in [0.3, 0.4) is 0 Å². The van der Waals surface area contributed by atoms with Gasteiger partial charge in [0.25, 0.3) is 5.91 Å². The molecule has 2 amide bonds. The van der Waals surface area contributed by atoms with Crippen molar-refractivity contribution < 1.29 is 14.0 Å². The van der Waals surface area contributed by atoms with E-state index >= 15 is 0 Å². The summed E-state index contributed by atoms with van der Waals surface area (Å²) >= 11 is 0. The van der Waals surface area contributed by atoms with Crippen molar-refractivity contribution in [2.24, 2.45) is 5.92 Å². The average Bonchev–Trinajstić information content (AvgIpc) is 3.07. The van der Waals surface area contributed by atoms with E-state index in [2.05, 4.69) is 5.32 Å². The van der Waals surface area contributed by atoms with Crippen LogP contribution >= 0.6 is 0 Å². The molecule has 0 bridgehead atoms. The lowest BCUT2D eigenvalue weighted by Gasteiger charge is -2.22. The summed E-state index contributed by atoms with van der Waals surface area (Å²) in [5, 5.41) is 2.84. The Morgan fingerprint density at radius 2 is 1.91 bits per heavy atom. The molecular formula is C18H22N2O3. The molecule has 1 heterocycles. The molecule has 0 unspecified atom stereocenters. The zero-order valence-electron chi connectivity index (χ0n) is 13.5. The van der Waals surface area contributed by atoms with E-state index in [0.29, 0.717) is 24.6 Å². The number of hydrogen-bond acceptors (Lipinski definition) is 3. The number of carbonyl (C=O) groups is 2. The number of hydrogen-bond donors (Lipinski definition) is 1. The van der Waals surface area contributed by atoms with Crippen molar-refractivity contribution in [3.05, 3.63) is 60.1 Å². The molecular weight excluding hydrogens is 292 g/mol. The van der Waals surface area contributed by atoms with Gasteiger partial charge in [-0.2, -0.15) is 0 Å². The van der Waals surface area contributed by atoms with Crippen LogP contribution in [0, 0.1) is 5.92 Å². The Morgan fingerprint density at radius 1 is 1.17 bits per heavy atom. The fraction of sp³-hybridized carbons (Fsp3) is 0.333. The van der Waals surface area contributed by atoms with Gasteiger partial charge in [0, 0.05) is 13.1 Å². The van der Waals surface area contributed by atoms with E-state index in [1.807, 2.05) is 44.2 Å². The molecule has 0 saturated heterocycles. The lowest BCUT2D eigenvalue weighted by molar-refractivity contribution is -0.122. The second kappa shape index (κ2) is 8.17. The minimum atomic E-state index is -0.220. The highest BCUT2D eigenvalue weighted by Gasteiger charge is 2.20. The molecule has 1 N–H and O–H groups in total. The Hall–Kier alpha value is -2.56. The van der Waals surface area contributed by atoms with Gasteiger partial charge in [0.2, 0.25) is 5.91 Å². The van der Waals surface area contributed by atoms with Crippen LogP contribution in [0.2, 0.25) is 0 Å². The van der Waals surface area contributed by atoms with Crippen LogP contribution in [-0.4, -0.2) is 29.8 Å². The third kappa shape index (κ3) is 5.29. The zero-order chi connectivity index (χ0) is 16.7. The first-order valence-corrected chi connectivity index (χ1v) is 7.68. The van der Waals surface area contributed by atoms with Crippen LogP contribution in [-0.2, 0) is 11.3 Å². The standard InChI is InChI=1S/C18H22N2O3/c1-14(2)10-19-17(21)12-20(11-15-6-4-3-5-7-15)18(22)16-8-9-23-13-16/h3-9,13-14H,10-12H2,1-2H3,(H,19,21). The van der Waals surface area contributed by atoms with Crippen molar-refractivity contribution in [2.75, 3.05) is 13.1 Å². The summed E-state index contributed by atoms with van der Waals surface area (Å²) in [5.41, 5.74) is 1.42. The van der Waals surface area contributed by atoms with Gasteiger partial charge in [-0.15, -0.1) is 0 Å². The monoisotopic (exact) mass is 314 g/mol.